The monoisotopic (exact) mass is 559 g/mol. The Morgan fingerprint density at radius 3 is 2.65 bits per heavy atom. The van der Waals surface area contributed by atoms with Crippen molar-refractivity contribution in [3.63, 3.8) is 0 Å². The second kappa shape index (κ2) is 10.4. The minimum Gasteiger partial charge on any atom is -0.481 e. The molecule has 4 atom stereocenters. The Kier molecular flexibility index (Phi) is 7.77. The summed E-state index contributed by atoms with van der Waals surface area (Å²) in [5.74, 6) is 5.33. The Bertz CT molecular complexity index is 1340. The van der Waals surface area contributed by atoms with Gasteiger partial charge < -0.3 is 34.6 Å². The van der Waals surface area contributed by atoms with Crippen molar-refractivity contribution in [2.24, 2.45) is 11.3 Å². The molecule has 0 radical (unpaired) electrons. The minimum absolute atomic E-state index is 0.0726. The number of hydrogen-bond donors (Lipinski definition) is 6. The van der Waals surface area contributed by atoms with Crippen LogP contribution in [0.1, 0.15) is 50.4 Å². The van der Waals surface area contributed by atoms with Crippen LogP contribution < -0.4 is 5.32 Å². The molecule has 2 aliphatic carbocycles. The number of aromatic nitrogens is 4. The van der Waals surface area contributed by atoms with Crippen LogP contribution in [0.25, 0.3) is 11.2 Å². The molecule has 15 nitrogen and oxygen atoms in total. The largest absolute Gasteiger partial charge is 0.481 e. The molecule has 2 unspecified atom stereocenters. The number of carbonyl (C=O) groups is 1. The van der Waals surface area contributed by atoms with Crippen molar-refractivity contribution in [1.29, 1.82) is 0 Å². The smallest absolute Gasteiger partial charge is 0.469 e. The zero-order chi connectivity index (χ0) is 27.0. The lowest BCUT2D eigenvalue weighted by Gasteiger charge is -2.24. The zero-order valence-electron chi connectivity index (χ0n) is 19.7. The minimum atomic E-state index is -4.89. The summed E-state index contributed by atoms with van der Waals surface area (Å²) in [5.41, 5.74) is -0.110. The van der Waals surface area contributed by atoms with E-state index in [-0.39, 0.29) is 24.6 Å². The van der Waals surface area contributed by atoms with Crippen LogP contribution >= 0.6 is 15.6 Å². The van der Waals surface area contributed by atoms with Crippen LogP contribution in [0.5, 0.6) is 0 Å². The number of nitrogens with one attached hydrogen (secondary N) is 1. The highest BCUT2D eigenvalue weighted by molar-refractivity contribution is 7.46. The number of phosphoric acid groups is 2. The van der Waals surface area contributed by atoms with Crippen LogP contribution in [-0.2, 0) is 23.0 Å². The summed E-state index contributed by atoms with van der Waals surface area (Å²) in [6, 6.07) is -0.390. The molecular weight excluding hydrogens is 532 g/mol. The molecule has 2 saturated carbocycles. The molecule has 2 heterocycles. The van der Waals surface area contributed by atoms with Gasteiger partial charge in [0.25, 0.3) is 0 Å². The summed E-state index contributed by atoms with van der Waals surface area (Å²) in [5, 5.41) is 11.7. The molecule has 2 aromatic rings. The van der Waals surface area contributed by atoms with Crippen molar-refractivity contribution in [3.8, 4) is 11.8 Å². The van der Waals surface area contributed by atoms with Gasteiger partial charge in [-0.2, -0.15) is 0 Å². The maximum Gasteiger partial charge on any atom is 0.469 e. The van der Waals surface area contributed by atoms with Crippen LogP contribution in [0, 0.1) is 23.2 Å². The van der Waals surface area contributed by atoms with Crippen LogP contribution in [0.4, 0.5) is 5.82 Å². The first-order valence-electron chi connectivity index (χ1n) is 11.4. The zero-order valence-corrected chi connectivity index (χ0v) is 21.5. The van der Waals surface area contributed by atoms with Gasteiger partial charge in [0.2, 0.25) is 5.82 Å². The van der Waals surface area contributed by atoms with Gasteiger partial charge in [0.15, 0.2) is 17.0 Å². The third-order valence-corrected chi connectivity index (χ3v) is 7.66. The van der Waals surface area contributed by atoms with Gasteiger partial charge in [0.05, 0.1) is 19.0 Å². The molecule has 2 fully saturated rings. The van der Waals surface area contributed by atoms with Gasteiger partial charge in [0.1, 0.15) is 0 Å². The number of anilines is 1. The molecule has 0 saturated heterocycles. The van der Waals surface area contributed by atoms with Crippen molar-refractivity contribution in [3.05, 3.63) is 12.2 Å². The van der Waals surface area contributed by atoms with E-state index in [0.29, 0.717) is 42.7 Å². The van der Waals surface area contributed by atoms with Crippen molar-refractivity contribution in [2.45, 2.75) is 50.7 Å². The van der Waals surface area contributed by atoms with Crippen LogP contribution in [0.15, 0.2) is 6.33 Å². The predicted octanol–water partition coefficient (Wildman–Crippen LogP) is 1.40. The van der Waals surface area contributed by atoms with Crippen molar-refractivity contribution in [1.82, 2.24) is 19.5 Å². The van der Waals surface area contributed by atoms with Gasteiger partial charge in [-0.15, -0.1) is 0 Å². The fraction of sp³-hybridized carbons (Fsp3) is 0.600. The van der Waals surface area contributed by atoms with E-state index in [1.54, 1.807) is 11.6 Å². The summed E-state index contributed by atoms with van der Waals surface area (Å²) in [7, 11) is -8.04. The number of imidazole rings is 1. The first kappa shape index (κ1) is 27.6. The van der Waals surface area contributed by atoms with E-state index in [1.165, 1.54) is 6.33 Å². The van der Waals surface area contributed by atoms with Crippen molar-refractivity contribution < 1.29 is 47.7 Å². The van der Waals surface area contributed by atoms with Crippen molar-refractivity contribution in [2.75, 3.05) is 19.0 Å². The van der Waals surface area contributed by atoms with E-state index in [4.69, 9.17) is 23.9 Å². The van der Waals surface area contributed by atoms with E-state index in [1.807, 2.05) is 0 Å². The Morgan fingerprint density at radius 2 is 2.00 bits per heavy atom. The lowest BCUT2D eigenvalue weighted by atomic mass is 10.0. The summed E-state index contributed by atoms with van der Waals surface area (Å²) in [6.07, 6.45) is 2.68. The summed E-state index contributed by atoms with van der Waals surface area (Å²) < 4.78 is 34.4. The second-order valence-electron chi connectivity index (χ2n) is 9.07. The van der Waals surface area contributed by atoms with Crippen molar-refractivity contribution >= 4 is 38.6 Å². The molecule has 6 N–H and O–H groups in total. The standard InChI is InChI=1S/C20H27N5O10P2/c1-21-18-17-19(24-15(23-18)6-4-2-3-5-7-16(26)27)25(11-22-17)13-8-14(35-37(31,32)33)20(9-12(13)20)10-34-36(28,29)30/h11-14H,2-3,5,7-10H2,1H3,(H,26,27)(H,21,23,24)(H2,28,29,30)(H2,31,32,33)/t12-,13?,14?,20+/m0/s1. The molecule has 0 amide bonds. The Hall–Kier alpha value is -2.40. The number of phosphoric ester groups is 2. The average molecular weight is 559 g/mol. The van der Waals surface area contributed by atoms with Gasteiger partial charge >= 0.3 is 21.6 Å². The molecule has 37 heavy (non-hydrogen) atoms. The van der Waals surface area contributed by atoms with E-state index in [2.05, 4.69) is 32.1 Å². The number of unbranched alkanes of at least 4 members (excludes halogenated alkanes) is 2. The van der Waals surface area contributed by atoms with Gasteiger partial charge in [-0.1, -0.05) is 5.92 Å². The number of fused-ring (bicyclic) bond motifs is 2. The highest BCUT2D eigenvalue weighted by Gasteiger charge is 2.70. The predicted molar refractivity (Wildman–Crippen MR) is 127 cm³/mol. The molecule has 2 aromatic heterocycles. The molecule has 0 aliphatic heterocycles. The third kappa shape index (κ3) is 6.37. The summed E-state index contributed by atoms with van der Waals surface area (Å²) in [4.78, 5) is 61.1. The number of carboxylic acids is 1. The molecule has 0 aromatic carbocycles. The molecule has 0 bridgehead atoms. The first-order chi connectivity index (χ1) is 17.3. The fourth-order valence-corrected chi connectivity index (χ4v) is 6.00. The second-order valence-corrected chi connectivity index (χ2v) is 11.5. The Morgan fingerprint density at radius 1 is 1.24 bits per heavy atom. The maximum absolute atomic E-state index is 11.6. The lowest BCUT2D eigenvalue weighted by Crippen LogP contribution is -2.26. The van der Waals surface area contributed by atoms with E-state index in [9.17, 15) is 23.7 Å². The topological polar surface area (TPSA) is 226 Å². The normalized spacial score (nSPS) is 24.9. The van der Waals surface area contributed by atoms with Gasteiger partial charge in [-0.3, -0.25) is 13.8 Å². The van der Waals surface area contributed by atoms with Crippen LogP contribution in [0.2, 0.25) is 0 Å². The Labute approximate surface area is 211 Å². The molecule has 2 aliphatic rings. The van der Waals surface area contributed by atoms with E-state index in [0.717, 1.165) is 0 Å². The number of hydrogen-bond acceptors (Lipinski definition) is 9. The van der Waals surface area contributed by atoms with E-state index < -0.39 is 45.8 Å². The SMILES string of the molecule is CNc1nc(C#CCCCCC(=O)O)nc2c1ncn2C1CC(OP(=O)(O)O)[C@@]2(COP(=O)(O)O)C[C@@H]12. The number of nitrogens with zero attached hydrogens (tertiary/aromatic N) is 4. The number of aliphatic carboxylic acids is 1. The quantitative estimate of drug-likeness (QED) is 0.130. The lowest BCUT2D eigenvalue weighted by molar-refractivity contribution is -0.137. The molecule has 0 spiro atoms. The average Bonchev–Trinajstić information content (AvgIpc) is 3.26. The maximum atomic E-state index is 11.6. The fourth-order valence-electron chi connectivity index (χ4n) is 4.96. The van der Waals surface area contributed by atoms with Crippen LogP contribution in [-0.4, -0.2) is 69.9 Å². The van der Waals surface area contributed by atoms with Gasteiger partial charge in [-0.25, -0.2) is 24.1 Å². The van der Waals surface area contributed by atoms with E-state index >= 15 is 0 Å². The molecule has 202 valence electrons. The number of carboxylic acid groups (broad SMARTS) is 1. The summed E-state index contributed by atoms with van der Waals surface area (Å²) >= 11 is 0. The van der Waals surface area contributed by atoms with Gasteiger partial charge in [0, 0.05) is 31.3 Å². The number of rotatable bonds is 11. The molecule has 4 rings (SSSR count). The summed E-state index contributed by atoms with van der Waals surface area (Å²) in [6.45, 7) is -0.426. The highest BCUT2D eigenvalue weighted by Crippen LogP contribution is 2.71. The third-order valence-electron chi connectivity index (χ3n) is 6.66. The highest BCUT2D eigenvalue weighted by atomic mass is 31.2. The Balaban J connectivity index is 1.61. The van der Waals surface area contributed by atoms with Gasteiger partial charge in [-0.05, 0) is 37.5 Å². The molecule has 17 heteroatoms. The first-order valence-corrected chi connectivity index (χ1v) is 14.5. The van der Waals surface area contributed by atoms with Crippen LogP contribution in [0.3, 0.4) is 0 Å². The molecular formula is C20H27N5O10P2.